The predicted octanol–water partition coefficient (Wildman–Crippen LogP) is 4.58. The van der Waals surface area contributed by atoms with Gasteiger partial charge in [-0.1, -0.05) is 47.5 Å². The lowest BCUT2D eigenvalue weighted by molar-refractivity contribution is 0.0831. The second kappa shape index (κ2) is 8.58. The van der Waals surface area contributed by atoms with Gasteiger partial charge in [0.2, 0.25) is 0 Å². The number of carbonyl (C=O) groups excluding carboxylic acids is 1. The van der Waals surface area contributed by atoms with Crippen LogP contribution in [0, 0.1) is 6.92 Å². The van der Waals surface area contributed by atoms with Crippen LogP contribution in [-0.4, -0.2) is 34.0 Å². The van der Waals surface area contributed by atoms with Crippen LogP contribution < -0.4 is 11.2 Å². The Balaban J connectivity index is 2.09. The molecule has 0 N–H and O–H groups in total. The van der Waals surface area contributed by atoms with Crippen molar-refractivity contribution in [3.63, 3.8) is 0 Å². The minimum atomic E-state index is -0.532. The van der Waals surface area contributed by atoms with Crippen molar-refractivity contribution >= 4 is 50.7 Å². The molecule has 0 bridgehead atoms. The Morgan fingerprint density at radius 3 is 2.31 bits per heavy atom. The molecule has 0 aliphatic carbocycles. The standard InChI is InChI=1S/C23H19Cl2N3O3S/c1-13-18-20(29)28(17-7-5-4-6-16(17)25)23(31)27(12-14-8-10-15(24)11-9-14)22(18)32-19(13)21(30)26(2)3/h4-11H,12H2,1-3H3. The van der Waals surface area contributed by atoms with E-state index >= 15 is 0 Å². The van der Waals surface area contributed by atoms with E-state index in [0.717, 1.165) is 21.5 Å². The molecule has 0 aliphatic rings. The Labute approximate surface area is 197 Å². The Bertz CT molecular complexity index is 1470. The lowest BCUT2D eigenvalue weighted by atomic mass is 10.2. The van der Waals surface area contributed by atoms with E-state index in [4.69, 9.17) is 23.2 Å². The number of halogens is 2. The van der Waals surface area contributed by atoms with Gasteiger partial charge in [-0.15, -0.1) is 11.3 Å². The number of hydrogen-bond donors (Lipinski definition) is 0. The SMILES string of the molecule is Cc1c(C(=O)N(C)C)sc2c1c(=O)n(-c1ccccc1Cl)c(=O)n2Cc1ccc(Cl)cc1. The molecule has 2 aromatic heterocycles. The Morgan fingerprint density at radius 1 is 1.03 bits per heavy atom. The van der Waals surface area contributed by atoms with Gasteiger partial charge in [0.1, 0.15) is 4.83 Å². The molecule has 32 heavy (non-hydrogen) atoms. The maximum Gasteiger partial charge on any atom is 0.337 e. The molecule has 0 radical (unpaired) electrons. The highest BCUT2D eigenvalue weighted by molar-refractivity contribution is 7.20. The maximum absolute atomic E-state index is 13.6. The number of amides is 1. The van der Waals surface area contributed by atoms with Crippen LogP contribution in [0.5, 0.6) is 0 Å². The van der Waals surface area contributed by atoms with Gasteiger partial charge in [0.05, 0.1) is 27.5 Å². The quantitative estimate of drug-likeness (QED) is 0.423. The molecule has 164 valence electrons. The Morgan fingerprint density at radius 2 is 1.69 bits per heavy atom. The van der Waals surface area contributed by atoms with Gasteiger partial charge in [-0.2, -0.15) is 0 Å². The molecule has 6 nitrogen and oxygen atoms in total. The first-order valence-electron chi connectivity index (χ1n) is 9.70. The van der Waals surface area contributed by atoms with Crippen molar-refractivity contribution in [3.05, 3.63) is 95.4 Å². The van der Waals surface area contributed by atoms with Crippen molar-refractivity contribution in [3.8, 4) is 5.69 Å². The number of aryl methyl sites for hydroxylation is 1. The van der Waals surface area contributed by atoms with Crippen molar-refractivity contribution in [2.75, 3.05) is 14.1 Å². The largest absolute Gasteiger partial charge is 0.344 e. The van der Waals surface area contributed by atoms with Crippen LogP contribution >= 0.6 is 34.5 Å². The van der Waals surface area contributed by atoms with E-state index in [9.17, 15) is 14.4 Å². The third-order valence-electron chi connectivity index (χ3n) is 5.16. The zero-order valence-electron chi connectivity index (χ0n) is 17.6. The maximum atomic E-state index is 13.6. The Kier molecular flexibility index (Phi) is 5.99. The van der Waals surface area contributed by atoms with Gasteiger partial charge in [-0.25, -0.2) is 9.36 Å². The first-order valence-corrected chi connectivity index (χ1v) is 11.3. The summed E-state index contributed by atoms with van der Waals surface area (Å²) in [6, 6.07) is 13.8. The fraction of sp³-hybridized carbons (Fsp3) is 0.174. The molecule has 2 heterocycles. The van der Waals surface area contributed by atoms with Crippen molar-refractivity contribution in [1.29, 1.82) is 0 Å². The predicted molar refractivity (Wildman–Crippen MR) is 130 cm³/mol. The zero-order chi connectivity index (χ0) is 23.2. The van der Waals surface area contributed by atoms with E-state index < -0.39 is 11.2 Å². The van der Waals surface area contributed by atoms with E-state index in [-0.39, 0.29) is 17.5 Å². The molecular weight excluding hydrogens is 469 g/mol. The van der Waals surface area contributed by atoms with Crippen LogP contribution in [0.2, 0.25) is 10.0 Å². The lowest BCUT2D eigenvalue weighted by Gasteiger charge is -2.13. The first kappa shape index (κ1) is 22.3. The normalized spacial score (nSPS) is 11.2. The van der Waals surface area contributed by atoms with E-state index in [1.165, 1.54) is 9.47 Å². The highest BCUT2D eigenvalue weighted by Crippen LogP contribution is 2.30. The number of para-hydroxylation sites is 1. The average molecular weight is 488 g/mol. The summed E-state index contributed by atoms with van der Waals surface area (Å²) in [6.07, 6.45) is 0. The van der Waals surface area contributed by atoms with Crippen LogP contribution in [0.1, 0.15) is 20.8 Å². The second-order valence-corrected chi connectivity index (χ2v) is 9.37. The molecular formula is C23H19Cl2N3O3S. The van der Waals surface area contributed by atoms with E-state index in [1.807, 2.05) is 12.1 Å². The van der Waals surface area contributed by atoms with Crippen LogP contribution in [0.3, 0.4) is 0 Å². The number of hydrogen-bond acceptors (Lipinski definition) is 4. The molecule has 4 aromatic rings. The fourth-order valence-electron chi connectivity index (χ4n) is 3.51. The zero-order valence-corrected chi connectivity index (χ0v) is 19.9. The topological polar surface area (TPSA) is 64.3 Å². The molecule has 2 aromatic carbocycles. The molecule has 1 amide bonds. The van der Waals surface area contributed by atoms with Crippen molar-refractivity contribution in [2.45, 2.75) is 13.5 Å². The molecule has 4 rings (SSSR count). The number of benzene rings is 2. The van der Waals surface area contributed by atoms with Gasteiger partial charge in [0, 0.05) is 19.1 Å². The molecule has 0 aliphatic heterocycles. The summed E-state index contributed by atoms with van der Waals surface area (Å²) in [5, 5.41) is 1.19. The molecule has 0 atom stereocenters. The Hall–Kier alpha value is -2.87. The fourth-order valence-corrected chi connectivity index (χ4v) is 5.17. The highest BCUT2D eigenvalue weighted by atomic mass is 35.5. The molecule has 9 heteroatoms. The minimum absolute atomic E-state index is 0.201. The summed E-state index contributed by atoms with van der Waals surface area (Å²) in [5.74, 6) is -0.224. The number of rotatable bonds is 4. The van der Waals surface area contributed by atoms with Crippen LogP contribution in [0.15, 0.2) is 58.1 Å². The van der Waals surface area contributed by atoms with Gasteiger partial charge in [-0.05, 0) is 42.3 Å². The summed E-state index contributed by atoms with van der Waals surface area (Å²) in [4.78, 5) is 42.2. The first-order chi connectivity index (χ1) is 15.2. The number of nitrogens with zero attached hydrogens (tertiary/aromatic N) is 3. The van der Waals surface area contributed by atoms with Gasteiger partial charge < -0.3 is 4.90 Å². The smallest absolute Gasteiger partial charge is 0.337 e. The van der Waals surface area contributed by atoms with Gasteiger partial charge in [0.25, 0.3) is 11.5 Å². The van der Waals surface area contributed by atoms with E-state index in [1.54, 1.807) is 57.4 Å². The number of fused-ring (bicyclic) bond motifs is 1. The molecule has 0 spiro atoms. The average Bonchev–Trinajstić information content (AvgIpc) is 3.10. The van der Waals surface area contributed by atoms with Crippen LogP contribution in [0.25, 0.3) is 15.9 Å². The third kappa shape index (κ3) is 3.77. The third-order valence-corrected chi connectivity index (χ3v) is 7.03. The van der Waals surface area contributed by atoms with Crippen LogP contribution in [-0.2, 0) is 6.54 Å². The van der Waals surface area contributed by atoms with Crippen molar-refractivity contribution in [1.82, 2.24) is 14.0 Å². The second-order valence-electron chi connectivity index (χ2n) is 7.52. The van der Waals surface area contributed by atoms with E-state index in [2.05, 4.69) is 0 Å². The summed E-state index contributed by atoms with van der Waals surface area (Å²) in [7, 11) is 3.30. The minimum Gasteiger partial charge on any atom is -0.344 e. The van der Waals surface area contributed by atoms with Crippen molar-refractivity contribution in [2.24, 2.45) is 0 Å². The van der Waals surface area contributed by atoms with Crippen LogP contribution in [0.4, 0.5) is 0 Å². The van der Waals surface area contributed by atoms with Crippen molar-refractivity contribution < 1.29 is 4.79 Å². The molecule has 0 fully saturated rings. The monoisotopic (exact) mass is 487 g/mol. The molecule has 0 saturated carbocycles. The summed E-state index contributed by atoms with van der Waals surface area (Å²) in [5.41, 5.74) is 0.628. The van der Waals surface area contributed by atoms with Gasteiger partial charge in [-0.3, -0.25) is 14.2 Å². The number of carbonyl (C=O) groups is 1. The highest BCUT2D eigenvalue weighted by Gasteiger charge is 2.25. The summed E-state index contributed by atoms with van der Waals surface area (Å²) >= 11 is 13.5. The summed E-state index contributed by atoms with van der Waals surface area (Å²) < 4.78 is 2.58. The lowest BCUT2D eigenvalue weighted by Crippen LogP contribution is -2.39. The molecule has 0 saturated heterocycles. The van der Waals surface area contributed by atoms with Gasteiger partial charge >= 0.3 is 5.69 Å². The number of thiophene rings is 1. The summed E-state index contributed by atoms with van der Waals surface area (Å²) in [6.45, 7) is 1.93. The number of aromatic nitrogens is 2. The van der Waals surface area contributed by atoms with Gasteiger partial charge in [0.15, 0.2) is 0 Å². The van der Waals surface area contributed by atoms with E-state index in [0.29, 0.717) is 31.4 Å². The molecule has 0 unspecified atom stereocenters.